The van der Waals surface area contributed by atoms with Crippen molar-refractivity contribution >= 4 is 0 Å². The van der Waals surface area contributed by atoms with Gasteiger partial charge in [-0.3, -0.25) is 0 Å². The van der Waals surface area contributed by atoms with Crippen LogP contribution in [0, 0.1) is 5.92 Å². The van der Waals surface area contributed by atoms with E-state index in [9.17, 15) is 0 Å². The van der Waals surface area contributed by atoms with Crippen molar-refractivity contribution in [1.29, 1.82) is 0 Å². The second-order valence-electron chi connectivity index (χ2n) is 6.61. The van der Waals surface area contributed by atoms with E-state index in [0.29, 0.717) is 5.92 Å². The number of nitrogens with zero attached hydrogens (tertiary/aromatic N) is 1. The van der Waals surface area contributed by atoms with E-state index in [1.165, 1.54) is 12.8 Å². The highest BCUT2D eigenvalue weighted by molar-refractivity contribution is 5.05. The van der Waals surface area contributed by atoms with Crippen molar-refractivity contribution in [1.82, 2.24) is 4.90 Å². The molecule has 3 nitrogen and oxygen atoms in total. The predicted molar refractivity (Wildman–Crippen MR) is 66.4 cm³/mol. The molecule has 0 spiro atoms. The first-order valence-electron chi connectivity index (χ1n) is 6.40. The summed E-state index contributed by atoms with van der Waals surface area (Å²) in [6, 6.07) is 0.926. The van der Waals surface area contributed by atoms with Gasteiger partial charge in [-0.1, -0.05) is 0 Å². The fraction of sp³-hybridized carbons (Fsp3) is 1.00. The Balaban J connectivity index is 2.06. The lowest BCUT2D eigenvalue weighted by Gasteiger charge is -2.31. The van der Waals surface area contributed by atoms with E-state index >= 15 is 0 Å². The van der Waals surface area contributed by atoms with Crippen LogP contribution in [0.15, 0.2) is 0 Å². The molecule has 3 heteroatoms. The third-order valence-electron chi connectivity index (χ3n) is 4.31. The Kier molecular flexibility index (Phi) is 2.84. The maximum absolute atomic E-state index is 6.35. The highest BCUT2D eigenvalue weighted by Crippen LogP contribution is 2.42. The molecular formula is C13H26N2O. The van der Waals surface area contributed by atoms with Crippen LogP contribution < -0.4 is 5.73 Å². The normalized spacial score (nSPS) is 36.9. The SMILES string of the molecule is CN(CC1C(N)C(C)(C)OC1(C)C)C1CC1. The number of hydrogen-bond acceptors (Lipinski definition) is 3. The van der Waals surface area contributed by atoms with Gasteiger partial charge in [0.1, 0.15) is 0 Å². The fourth-order valence-electron chi connectivity index (χ4n) is 3.05. The van der Waals surface area contributed by atoms with E-state index < -0.39 is 0 Å². The first kappa shape index (κ1) is 12.3. The van der Waals surface area contributed by atoms with Crippen LogP contribution in [0.4, 0.5) is 0 Å². The summed E-state index contributed by atoms with van der Waals surface area (Å²) in [5.74, 6) is 0.424. The zero-order valence-electron chi connectivity index (χ0n) is 11.3. The highest BCUT2D eigenvalue weighted by Gasteiger charge is 2.52. The molecule has 1 aliphatic carbocycles. The number of nitrogens with two attached hydrogens (primary N) is 1. The Hall–Kier alpha value is -0.120. The Morgan fingerprint density at radius 2 is 1.75 bits per heavy atom. The first-order chi connectivity index (χ1) is 7.24. The van der Waals surface area contributed by atoms with Gasteiger partial charge in [0.25, 0.3) is 0 Å². The Morgan fingerprint density at radius 1 is 1.19 bits per heavy atom. The fourth-order valence-corrected chi connectivity index (χ4v) is 3.05. The van der Waals surface area contributed by atoms with Gasteiger partial charge in [-0.2, -0.15) is 0 Å². The van der Waals surface area contributed by atoms with Crippen molar-refractivity contribution in [2.45, 2.75) is 63.8 Å². The quantitative estimate of drug-likeness (QED) is 0.794. The predicted octanol–water partition coefficient (Wildman–Crippen LogP) is 1.61. The molecule has 1 saturated carbocycles. The monoisotopic (exact) mass is 226 g/mol. The van der Waals surface area contributed by atoms with Crippen LogP contribution >= 0.6 is 0 Å². The van der Waals surface area contributed by atoms with Gasteiger partial charge in [-0.25, -0.2) is 0 Å². The molecule has 1 saturated heterocycles. The van der Waals surface area contributed by atoms with Crippen molar-refractivity contribution in [3.8, 4) is 0 Å². The standard InChI is InChI=1S/C13H26N2O/c1-12(2)10(8-15(5)9-6-7-9)11(14)13(3,4)16-12/h9-11H,6-8,14H2,1-5H3. The molecule has 0 aromatic rings. The lowest BCUT2D eigenvalue weighted by molar-refractivity contribution is -0.0781. The Bertz CT molecular complexity index is 271. The van der Waals surface area contributed by atoms with E-state index in [-0.39, 0.29) is 17.2 Å². The lowest BCUT2D eigenvalue weighted by Crippen LogP contribution is -2.47. The van der Waals surface area contributed by atoms with Crippen LogP contribution in [0.5, 0.6) is 0 Å². The van der Waals surface area contributed by atoms with E-state index in [1.807, 2.05) is 0 Å². The van der Waals surface area contributed by atoms with Gasteiger partial charge in [-0.05, 0) is 47.6 Å². The maximum Gasteiger partial charge on any atom is 0.0788 e. The second kappa shape index (κ2) is 3.69. The van der Waals surface area contributed by atoms with Crippen LogP contribution in [0.1, 0.15) is 40.5 Å². The van der Waals surface area contributed by atoms with Gasteiger partial charge >= 0.3 is 0 Å². The van der Waals surface area contributed by atoms with Gasteiger partial charge in [0.15, 0.2) is 0 Å². The number of rotatable bonds is 3. The maximum atomic E-state index is 6.35. The summed E-state index contributed by atoms with van der Waals surface area (Å²) in [4.78, 5) is 2.46. The molecule has 2 fully saturated rings. The smallest absolute Gasteiger partial charge is 0.0788 e. The van der Waals surface area contributed by atoms with Gasteiger partial charge in [0.2, 0.25) is 0 Å². The van der Waals surface area contributed by atoms with Crippen molar-refractivity contribution in [3.63, 3.8) is 0 Å². The van der Waals surface area contributed by atoms with Crippen LogP contribution in [0.2, 0.25) is 0 Å². The molecule has 2 N–H and O–H groups in total. The van der Waals surface area contributed by atoms with Gasteiger partial charge in [0, 0.05) is 24.5 Å². The average molecular weight is 226 g/mol. The van der Waals surface area contributed by atoms with Gasteiger partial charge in [0.05, 0.1) is 11.2 Å². The Labute approximate surface area is 99.3 Å². The second-order valence-corrected chi connectivity index (χ2v) is 6.61. The third kappa shape index (κ3) is 2.13. The molecule has 16 heavy (non-hydrogen) atoms. The first-order valence-corrected chi connectivity index (χ1v) is 6.40. The van der Waals surface area contributed by atoms with Gasteiger partial charge in [-0.15, -0.1) is 0 Å². The molecule has 2 unspecified atom stereocenters. The minimum absolute atomic E-state index is 0.105. The summed E-state index contributed by atoms with van der Waals surface area (Å²) in [6.07, 6.45) is 2.70. The van der Waals surface area contributed by atoms with E-state index in [4.69, 9.17) is 10.5 Å². The molecule has 0 amide bonds. The van der Waals surface area contributed by atoms with Crippen LogP contribution in [-0.4, -0.2) is 41.8 Å². The zero-order chi connectivity index (χ0) is 12.1. The summed E-state index contributed by atoms with van der Waals surface area (Å²) in [7, 11) is 2.21. The van der Waals surface area contributed by atoms with E-state index in [0.717, 1.165) is 12.6 Å². The average Bonchev–Trinajstić information content (AvgIpc) is 2.90. The summed E-state index contributed by atoms with van der Waals surface area (Å²) >= 11 is 0. The molecule has 2 atom stereocenters. The largest absolute Gasteiger partial charge is 0.368 e. The van der Waals surface area contributed by atoms with Crippen molar-refractivity contribution < 1.29 is 4.74 Å². The Morgan fingerprint density at radius 3 is 2.12 bits per heavy atom. The number of hydrogen-bond donors (Lipinski definition) is 1. The van der Waals surface area contributed by atoms with Crippen molar-refractivity contribution in [3.05, 3.63) is 0 Å². The number of ether oxygens (including phenoxy) is 1. The molecular weight excluding hydrogens is 200 g/mol. The van der Waals surface area contributed by atoms with Crippen LogP contribution in [0.25, 0.3) is 0 Å². The van der Waals surface area contributed by atoms with E-state index in [1.54, 1.807) is 0 Å². The molecule has 1 aliphatic heterocycles. The molecule has 94 valence electrons. The lowest BCUT2D eigenvalue weighted by atomic mass is 9.83. The molecule has 1 heterocycles. The summed E-state index contributed by atoms with van der Waals surface area (Å²) in [5, 5.41) is 0. The van der Waals surface area contributed by atoms with Crippen LogP contribution in [-0.2, 0) is 4.74 Å². The van der Waals surface area contributed by atoms with Crippen molar-refractivity contribution in [2.24, 2.45) is 11.7 Å². The minimum atomic E-state index is -0.196. The molecule has 0 aromatic carbocycles. The molecule has 0 bridgehead atoms. The highest BCUT2D eigenvalue weighted by atomic mass is 16.5. The van der Waals surface area contributed by atoms with Gasteiger partial charge < -0.3 is 15.4 Å². The van der Waals surface area contributed by atoms with E-state index in [2.05, 4.69) is 39.6 Å². The van der Waals surface area contributed by atoms with Crippen molar-refractivity contribution in [2.75, 3.05) is 13.6 Å². The summed E-state index contributed by atoms with van der Waals surface area (Å²) < 4.78 is 6.11. The molecule has 2 rings (SSSR count). The zero-order valence-corrected chi connectivity index (χ0v) is 11.3. The topological polar surface area (TPSA) is 38.5 Å². The molecule has 0 aromatic heterocycles. The minimum Gasteiger partial charge on any atom is -0.368 e. The molecule has 0 radical (unpaired) electrons. The summed E-state index contributed by atoms with van der Waals surface area (Å²) in [6.45, 7) is 9.62. The third-order valence-corrected chi connectivity index (χ3v) is 4.31. The summed E-state index contributed by atoms with van der Waals surface area (Å²) in [5.41, 5.74) is 6.05. The molecule has 2 aliphatic rings. The van der Waals surface area contributed by atoms with Crippen LogP contribution in [0.3, 0.4) is 0 Å².